The van der Waals surface area contributed by atoms with Crippen LogP contribution in [0.1, 0.15) is 54.9 Å². The summed E-state index contributed by atoms with van der Waals surface area (Å²) in [6.45, 7) is 5.69. The van der Waals surface area contributed by atoms with Crippen LogP contribution in [0.3, 0.4) is 0 Å². The number of aliphatic hydroxyl groups excluding tert-OH is 1. The topological polar surface area (TPSA) is 113 Å². The van der Waals surface area contributed by atoms with Crippen molar-refractivity contribution >= 4 is 10.9 Å². The zero-order chi connectivity index (χ0) is 23.2. The van der Waals surface area contributed by atoms with Gasteiger partial charge in [-0.1, -0.05) is 25.0 Å². The minimum absolute atomic E-state index is 0.0694. The Morgan fingerprint density at radius 3 is 2.91 bits per heavy atom. The van der Waals surface area contributed by atoms with Crippen LogP contribution in [0.5, 0.6) is 0 Å². The highest BCUT2D eigenvalue weighted by molar-refractivity contribution is 5.79. The molecule has 3 heterocycles. The first-order chi connectivity index (χ1) is 16.1. The third-order valence-electron chi connectivity index (χ3n) is 5.80. The maximum atomic E-state index is 12.9. The Morgan fingerprint density at radius 2 is 2.15 bits per heavy atom. The number of pyridine rings is 1. The fourth-order valence-electron chi connectivity index (χ4n) is 4.19. The van der Waals surface area contributed by atoms with Crippen LogP contribution in [-0.2, 0) is 13.1 Å². The SMILES string of the molecule is CCC[C@@H](c1nnnn1Cc1ccco1)N(CCCO)Cc1cc2cc(C)ccc2[nH]c1=O. The van der Waals surface area contributed by atoms with Gasteiger partial charge in [0, 0.05) is 30.8 Å². The van der Waals surface area contributed by atoms with Gasteiger partial charge in [-0.15, -0.1) is 5.10 Å². The standard InChI is InChI=1S/C24H30N6O3/c1-3-6-22(23-26-27-28-30(23)16-20-7-4-12-33-20)29(10-5-11-31)15-19-14-18-13-17(2)8-9-21(18)25-24(19)32/h4,7-9,12-14,22,31H,3,5-6,10-11,15-16H2,1-2H3,(H,25,32)/t22-/m0/s1. The Kier molecular flexibility index (Phi) is 7.31. The van der Waals surface area contributed by atoms with Gasteiger partial charge in [0.05, 0.1) is 12.3 Å². The zero-order valence-electron chi connectivity index (χ0n) is 19.1. The number of H-pyrrole nitrogens is 1. The van der Waals surface area contributed by atoms with Crippen molar-refractivity contribution in [2.24, 2.45) is 0 Å². The van der Waals surface area contributed by atoms with E-state index in [1.807, 2.05) is 37.3 Å². The largest absolute Gasteiger partial charge is 0.467 e. The van der Waals surface area contributed by atoms with E-state index >= 15 is 0 Å². The number of aromatic nitrogens is 5. The predicted molar refractivity (Wildman–Crippen MR) is 125 cm³/mol. The van der Waals surface area contributed by atoms with Crippen molar-refractivity contribution in [2.75, 3.05) is 13.2 Å². The molecule has 9 heteroatoms. The summed E-state index contributed by atoms with van der Waals surface area (Å²) >= 11 is 0. The van der Waals surface area contributed by atoms with Crippen LogP contribution in [0.15, 0.2) is 51.9 Å². The Morgan fingerprint density at radius 1 is 1.27 bits per heavy atom. The number of hydrogen-bond acceptors (Lipinski definition) is 7. The minimum Gasteiger partial charge on any atom is -0.467 e. The number of furan rings is 1. The lowest BCUT2D eigenvalue weighted by molar-refractivity contribution is 0.147. The van der Waals surface area contributed by atoms with Crippen molar-refractivity contribution in [3.05, 3.63) is 75.7 Å². The van der Waals surface area contributed by atoms with Crippen LogP contribution in [0, 0.1) is 6.92 Å². The summed E-state index contributed by atoms with van der Waals surface area (Å²) in [5.41, 5.74) is 2.53. The predicted octanol–water partition coefficient (Wildman–Crippen LogP) is 3.19. The molecule has 1 atom stereocenters. The van der Waals surface area contributed by atoms with Crippen molar-refractivity contribution < 1.29 is 9.52 Å². The van der Waals surface area contributed by atoms with E-state index in [9.17, 15) is 9.90 Å². The number of benzene rings is 1. The molecule has 0 bridgehead atoms. The molecule has 2 N–H and O–H groups in total. The summed E-state index contributed by atoms with van der Waals surface area (Å²) in [4.78, 5) is 18.1. The lowest BCUT2D eigenvalue weighted by Gasteiger charge is -2.30. The van der Waals surface area contributed by atoms with Crippen LogP contribution in [0.2, 0.25) is 0 Å². The summed E-state index contributed by atoms with van der Waals surface area (Å²) in [5, 5.41) is 23.0. The molecule has 33 heavy (non-hydrogen) atoms. The summed E-state index contributed by atoms with van der Waals surface area (Å²) in [6, 6.07) is 11.6. The van der Waals surface area contributed by atoms with Gasteiger partial charge < -0.3 is 14.5 Å². The molecule has 1 aromatic carbocycles. The maximum absolute atomic E-state index is 12.9. The van der Waals surface area contributed by atoms with Crippen molar-refractivity contribution in [1.82, 2.24) is 30.1 Å². The molecule has 0 saturated carbocycles. The average Bonchev–Trinajstić information content (AvgIpc) is 3.48. The second kappa shape index (κ2) is 10.5. The first kappa shape index (κ1) is 22.9. The number of fused-ring (bicyclic) bond motifs is 1. The molecule has 3 aromatic heterocycles. The van der Waals surface area contributed by atoms with Gasteiger partial charge >= 0.3 is 0 Å². The summed E-state index contributed by atoms with van der Waals surface area (Å²) < 4.78 is 7.23. The van der Waals surface area contributed by atoms with E-state index in [0.717, 1.165) is 40.9 Å². The monoisotopic (exact) mass is 450 g/mol. The molecule has 4 aromatic rings. The van der Waals surface area contributed by atoms with Crippen LogP contribution in [0.4, 0.5) is 0 Å². The Balaban J connectivity index is 1.68. The van der Waals surface area contributed by atoms with Crippen LogP contribution >= 0.6 is 0 Å². The van der Waals surface area contributed by atoms with Gasteiger partial charge in [0.2, 0.25) is 0 Å². The molecule has 9 nitrogen and oxygen atoms in total. The number of rotatable bonds is 11. The first-order valence-electron chi connectivity index (χ1n) is 11.3. The van der Waals surface area contributed by atoms with E-state index in [1.165, 1.54) is 0 Å². The molecular weight excluding hydrogens is 420 g/mol. The number of aromatic amines is 1. The fraction of sp³-hybridized carbons (Fsp3) is 0.417. The third kappa shape index (κ3) is 5.37. The van der Waals surface area contributed by atoms with Gasteiger partial charge in [-0.05, 0) is 65.9 Å². The average molecular weight is 451 g/mol. The number of nitrogens with zero attached hydrogens (tertiary/aromatic N) is 5. The van der Waals surface area contributed by atoms with E-state index in [4.69, 9.17) is 4.42 Å². The smallest absolute Gasteiger partial charge is 0.252 e. The number of tetrazole rings is 1. The Hall–Kier alpha value is -3.30. The van der Waals surface area contributed by atoms with E-state index in [1.54, 1.807) is 10.9 Å². The molecular formula is C24H30N6O3. The number of nitrogens with one attached hydrogen (secondary N) is 1. The third-order valence-corrected chi connectivity index (χ3v) is 5.80. The Bertz CT molecular complexity index is 1230. The van der Waals surface area contributed by atoms with Crippen LogP contribution in [0.25, 0.3) is 10.9 Å². The van der Waals surface area contributed by atoms with Gasteiger partial charge in [0.1, 0.15) is 12.3 Å². The van der Waals surface area contributed by atoms with Crippen molar-refractivity contribution in [2.45, 2.75) is 52.2 Å². The lowest BCUT2D eigenvalue weighted by atomic mass is 10.1. The molecule has 0 unspecified atom stereocenters. The summed E-state index contributed by atoms with van der Waals surface area (Å²) in [5.74, 6) is 1.49. The van der Waals surface area contributed by atoms with Gasteiger partial charge in [-0.3, -0.25) is 9.69 Å². The van der Waals surface area contributed by atoms with E-state index < -0.39 is 0 Å². The quantitative estimate of drug-likeness (QED) is 0.361. The normalized spacial score (nSPS) is 12.6. The van der Waals surface area contributed by atoms with E-state index in [0.29, 0.717) is 31.6 Å². The van der Waals surface area contributed by atoms with Crippen molar-refractivity contribution in [1.29, 1.82) is 0 Å². The van der Waals surface area contributed by atoms with Gasteiger partial charge in [0.25, 0.3) is 5.56 Å². The highest BCUT2D eigenvalue weighted by Crippen LogP contribution is 2.26. The molecule has 0 aliphatic carbocycles. The maximum Gasteiger partial charge on any atom is 0.252 e. The molecule has 0 spiro atoms. The molecule has 0 saturated heterocycles. The Labute approximate surface area is 192 Å². The highest BCUT2D eigenvalue weighted by atomic mass is 16.3. The molecule has 4 rings (SSSR count). The molecule has 174 valence electrons. The van der Waals surface area contributed by atoms with Gasteiger partial charge in [-0.2, -0.15) is 0 Å². The van der Waals surface area contributed by atoms with E-state index in [-0.39, 0.29) is 18.2 Å². The summed E-state index contributed by atoms with van der Waals surface area (Å²) in [7, 11) is 0. The summed E-state index contributed by atoms with van der Waals surface area (Å²) in [6.07, 6.45) is 3.95. The molecule has 0 radical (unpaired) electrons. The van der Waals surface area contributed by atoms with E-state index in [2.05, 4.69) is 38.4 Å². The van der Waals surface area contributed by atoms with Gasteiger partial charge in [-0.25, -0.2) is 4.68 Å². The molecule has 0 aliphatic heterocycles. The fourth-order valence-corrected chi connectivity index (χ4v) is 4.19. The lowest BCUT2D eigenvalue weighted by Crippen LogP contribution is -2.34. The highest BCUT2D eigenvalue weighted by Gasteiger charge is 2.26. The first-order valence-corrected chi connectivity index (χ1v) is 11.3. The molecule has 0 fully saturated rings. The second-order valence-corrected chi connectivity index (χ2v) is 8.34. The van der Waals surface area contributed by atoms with Crippen LogP contribution in [-0.4, -0.2) is 48.3 Å². The molecule has 0 aliphatic rings. The van der Waals surface area contributed by atoms with Gasteiger partial charge in [0.15, 0.2) is 5.82 Å². The molecule has 0 amide bonds. The minimum atomic E-state index is -0.112. The number of aryl methyl sites for hydroxylation is 1. The zero-order valence-corrected chi connectivity index (χ0v) is 19.1. The van der Waals surface area contributed by atoms with Crippen molar-refractivity contribution in [3.63, 3.8) is 0 Å². The number of aliphatic hydroxyl groups is 1. The number of hydrogen-bond donors (Lipinski definition) is 2. The van der Waals surface area contributed by atoms with Crippen LogP contribution < -0.4 is 5.56 Å². The van der Waals surface area contributed by atoms with Crippen molar-refractivity contribution in [3.8, 4) is 0 Å². The second-order valence-electron chi connectivity index (χ2n) is 8.34.